The number of hydrogen-bond acceptors (Lipinski definition) is 7. The van der Waals surface area contributed by atoms with E-state index in [1.165, 1.54) is 0 Å². The number of thioether (sulfide) groups is 1. The fraction of sp³-hybridized carbons (Fsp3) is 0.594. The number of carbonyl (C=O) groups excluding carboxylic acids is 2. The second-order valence-electron chi connectivity index (χ2n) is 11.7. The van der Waals surface area contributed by atoms with Gasteiger partial charge in [-0.3, -0.25) is 14.5 Å². The topological polar surface area (TPSA) is 132 Å². The number of imidazole rings is 1. The zero-order valence-electron chi connectivity index (χ0n) is 25.4. The molecule has 2 saturated heterocycles. The monoisotopic (exact) mass is 608 g/mol. The molecule has 3 heterocycles. The molecular weight excluding hydrogens is 564 g/mol. The maximum atomic E-state index is 13.8. The number of amides is 2. The standard InChI is InChI=1S/C32H44N6O4S/c1-4-24-11-14-38(29(39)16-26-18-34-21-37(26)19-23-8-6-22(17-33)7-9-23)28(24)20-36-13-10-25(5-2)30(36)31(40)35-27(32(41)42)12-15-43-3/h6-9,18,21,24-25,27-28,30H,4-5,10-16,19-20H2,1-3H3,(H,35,40)(H,41,42)/t24-,25-,27-,28+,30-/m0/s1. The van der Waals surface area contributed by atoms with Crippen LogP contribution in [-0.4, -0.2) is 92.0 Å². The lowest BCUT2D eigenvalue weighted by Gasteiger charge is -2.35. The second-order valence-corrected chi connectivity index (χ2v) is 12.7. The van der Waals surface area contributed by atoms with Crippen molar-refractivity contribution < 1.29 is 19.5 Å². The molecule has 0 spiro atoms. The van der Waals surface area contributed by atoms with Gasteiger partial charge in [0.25, 0.3) is 0 Å². The lowest BCUT2D eigenvalue weighted by atomic mass is 9.94. The summed E-state index contributed by atoms with van der Waals surface area (Å²) in [5, 5.41) is 21.6. The summed E-state index contributed by atoms with van der Waals surface area (Å²) in [6, 6.07) is 8.24. The molecule has 4 rings (SSSR count). The minimum absolute atomic E-state index is 0.00920. The molecule has 0 radical (unpaired) electrons. The molecular formula is C32H44N6O4S. The van der Waals surface area contributed by atoms with Crippen LogP contribution in [0.1, 0.15) is 62.8 Å². The van der Waals surface area contributed by atoms with Crippen LogP contribution in [0.15, 0.2) is 36.8 Å². The number of carboxylic acids is 1. The van der Waals surface area contributed by atoms with Crippen LogP contribution in [0, 0.1) is 23.2 Å². The van der Waals surface area contributed by atoms with Gasteiger partial charge in [0.05, 0.1) is 30.4 Å². The van der Waals surface area contributed by atoms with E-state index < -0.39 is 18.1 Å². The maximum Gasteiger partial charge on any atom is 0.326 e. The summed E-state index contributed by atoms with van der Waals surface area (Å²) in [7, 11) is 0. The number of nitrogens with zero attached hydrogens (tertiary/aromatic N) is 5. The van der Waals surface area contributed by atoms with Crippen molar-refractivity contribution >= 4 is 29.5 Å². The fourth-order valence-corrected chi connectivity index (χ4v) is 7.13. The quantitative estimate of drug-likeness (QED) is 0.334. The van der Waals surface area contributed by atoms with Gasteiger partial charge in [0.2, 0.25) is 11.8 Å². The van der Waals surface area contributed by atoms with E-state index in [0.29, 0.717) is 43.3 Å². The van der Waals surface area contributed by atoms with Crippen molar-refractivity contribution in [1.29, 1.82) is 5.26 Å². The molecule has 2 aromatic rings. The van der Waals surface area contributed by atoms with Crippen molar-refractivity contribution in [2.75, 3.05) is 31.6 Å². The zero-order chi connectivity index (χ0) is 30.9. The van der Waals surface area contributed by atoms with Gasteiger partial charge in [0, 0.05) is 37.6 Å². The van der Waals surface area contributed by atoms with Crippen molar-refractivity contribution in [2.24, 2.45) is 11.8 Å². The minimum atomic E-state index is -1.00. The van der Waals surface area contributed by atoms with Crippen LogP contribution < -0.4 is 5.32 Å². The van der Waals surface area contributed by atoms with Crippen LogP contribution in [0.3, 0.4) is 0 Å². The Morgan fingerprint density at radius 2 is 1.86 bits per heavy atom. The Morgan fingerprint density at radius 1 is 1.14 bits per heavy atom. The van der Waals surface area contributed by atoms with E-state index in [9.17, 15) is 19.5 Å². The van der Waals surface area contributed by atoms with Crippen molar-refractivity contribution in [3.63, 3.8) is 0 Å². The van der Waals surface area contributed by atoms with E-state index in [-0.39, 0.29) is 30.2 Å². The number of hydrogen-bond donors (Lipinski definition) is 2. The van der Waals surface area contributed by atoms with Gasteiger partial charge in [-0.05, 0) is 67.3 Å². The molecule has 43 heavy (non-hydrogen) atoms. The third kappa shape index (κ3) is 7.98. The summed E-state index contributed by atoms with van der Waals surface area (Å²) in [5.41, 5.74) is 2.47. The van der Waals surface area contributed by atoms with Crippen LogP contribution in [0.2, 0.25) is 0 Å². The summed E-state index contributed by atoms with van der Waals surface area (Å²) in [6.07, 6.45) is 9.61. The number of aliphatic carboxylic acids is 1. The highest BCUT2D eigenvalue weighted by Crippen LogP contribution is 2.33. The smallest absolute Gasteiger partial charge is 0.326 e. The Morgan fingerprint density at radius 3 is 2.51 bits per heavy atom. The van der Waals surface area contributed by atoms with Gasteiger partial charge >= 0.3 is 5.97 Å². The molecule has 2 fully saturated rings. The molecule has 0 saturated carbocycles. The van der Waals surface area contributed by atoms with E-state index in [1.807, 2.05) is 27.9 Å². The average Bonchev–Trinajstić information content (AvgIpc) is 3.74. The number of aromatic nitrogens is 2. The molecule has 0 unspecified atom stereocenters. The highest BCUT2D eigenvalue weighted by atomic mass is 32.2. The van der Waals surface area contributed by atoms with Crippen LogP contribution in [0.5, 0.6) is 0 Å². The maximum absolute atomic E-state index is 13.8. The number of carbonyl (C=O) groups is 3. The molecule has 10 nitrogen and oxygen atoms in total. The third-order valence-electron chi connectivity index (χ3n) is 9.16. The molecule has 2 N–H and O–H groups in total. The Balaban J connectivity index is 1.46. The van der Waals surface area contributed by atoms with Gasteiger partial charge < -0.3 is 19.9 Å². The summed E-state index contributed by atoms with van der Waals surface area (Å²) in [5.74, 6) is -0.0160. The molecule has 0 aliphatic carbocycles. The average molecular weight is 609 g/mol. The first-order valence-corrected chi connectivity index (χ1v) is 16.7. The number of nitriles is 1. The van der Waals surface area contributed by atoms with E-state index in [2.05, 4.69) is 35.1 Å². The van der Waals surface area contributed by atoms with E-state index >= 15 is 0 Å². The van der Waals surface area contributed by atoms with Gasteiger partial charge in [-0.2, -0.15) is 17.0 Å². The summed E-state index contributed by atoms with van der Waals surface area (Å²) in [6.45, 7) is 6.84. The van der Waals surface area contributed by atoms with Gasteiger partial charge in [-0.1, -0.05) is 38.8 Å². The van der Waals surface area contributed by atoms with Crippen molar-refractivity contribution in [1.82, 2.24) is 24.7 Å². The SMILES string of the molecule is CC[C@H]1CCN(C[C@@H]2[C@@H](CC)CCN2C(=O)Cc2cncn2Cc2ccc(C#N)cc2)[C@@H]1C(=O)N[C@@H](CCSC)C(=O)O. The van der Waals surface area contributed by atoms with Crippen molar-refractivity contribution in [3.05, 3.63) is 53.6 Å². The molecule has 1 aromatic heterocycles. The Bertz CT molecular complexity index is 1290. The molecule has 0 bridgehead atoms. The summed E-state index contributed by atoms with van der Waals surface area (Å²) < 4.78 is 1.98. The Hall–Kier alpha value is -3.36. The summed E-state index contributed by atoms with van der Waals surface area (Å²) >= 11 is 1.56. The third-order valence-corrected chi connectivity index (χ3v) is 9.81. The lowest BCUT2D eigenvalue weighted by Crippen LogP contribution is -2.54. The van der Waals surface area contributed by atoms with Crippen LogP contribution in [0.4, 0.5) is 0 Å². The van der Waals surface area contributed by atoms with Crippen LogP contribution in [-0.2, 0) is 27.3 Å². The highest BCUT2D eigenvalue weighted by molar-refractivity contribution is 7.98. The second kappa shape index (κ2) is 15.4. The highest BCUT2D eigenvalue weighted by Gasteiger charge is 2.44. The van der Waals surface area contributed by atoms with Gasteiger partial charge in [-0.15, -0.1) is 0 Å². The first-order valence-electron chi connectivity index (χ1n) is 15.3. The largest absolute Gasteiger partial charge is 0.480 e. The Kier molecular flexibility index (Phi) is 11.7. The van der Waals surface area contributed by atoms with E-state index in [0.717, 1.165) is 43.5 Å². The number of carboxylic acid groups (broad SMARTS) is 1. The Labute approximate surface area is 258 Å². The van der Waals surface area contributed by atoms with Crippen molar-refractivity contribution in [2.45, 2.75) is 77.0 Å². The predicted molar refractivity (Wildman–Crippen MR) is 166 cm³/mol. The predicted octanol–water partition coefficient (Wildman–Crippen LogP) is 3.40. The number of nitrogens with one attached hydrogen (secondary N) is 1. The van der Waals surface area contributed by atoms with E-state index in [4.69, 9.17) is 5.26 Å². The molecule has 1 aromatic carbocycles. The van der Waals surface area contributed by atoms with Gasteiger partial charge in [-0.25, -0.2) is 9.78 Å². The molecule has 11 heteroatoms. The van der Waals surface area contributed by atoms with Gasteiger partial charge in [0.15, 0.2) is 0 Å². The zero-order valence-corrected chi connectivity index (χ0v) is 26.3. The summed E-state index contributed by atoms with van der Waals surface area (Å²) in [4.78, 5) is 47.7. The fourth-order valence-electron chi connectivity index (χ4n) is 6.66. The molecule has 232 valence electrons. The first kappa shape index (κ1) is 32.6. The number of likely N-dealkylation sites (tertiary alicyclic amines) is 2. The molecule has 2 aliphatic rings. The van der Waals surface area contributed by atoms with Crippen LogP contribution >= 0.6 is 11.8 Å². The minimum Gasteiger partial charge on any atom is -0.480 e. The lowest BCUT2D eigenvalue weighted by molar-refractivity contribution is -0.143. The molecule has 2 aliphatic heterocycles. The molecule has 2 amide bonds. The first-order chi connectivity index (χ1) is 20.8. The van der Waals surface area contributed by atoms with E-state index in [1.54, 1.807) is 36.4 Å². The normalized spacial score (nSPS) is 22.8. The van der Waals surface area contributed by atoms with Crippen LogP contribution in [0.25, 0.3) is 0 Å². The number of benzene rings is 1. The molecule has 5 atom stereocenters. The number of rotatable bonds is 14. The van der Waals surface area contributed by atoms with Gasteiger partial charge in [0.1, 0.15) is 6.04 Å². The van der Waals surface area contributed by atoms with Crippen molar-refractivity contribution in [3.8, 4) is 6.07 Å².